The van der Waals surface area contributed by atoms with Crippen molar-refractivity contribution >= 4 is 0 Å². The first-order valence-electron chi connectivity index (χ1n) is 10.3. The summed E-state index contributed by atoms with van der Waals surface area (Å²) < 4.78 is 0. The summed E-state index contributed by atoms with van der Waals surface area (Å²) in [6.45, 7) is 9.13. The molecule has 0 aliphatic heterocycles. The zero-order valence-corrected chi connectivity index (χ0v) is 16.3. The Kier molecular flexibility index (Phi) is 16.9. The van der Waals surface area contributed by atoms with E-state index in [-0.39, 0.29) is 0 Å². The Morgan fingerprint density at radius 3 is 1.59 bits per heavy atom. The predicted molar refractivity (Wildman–Crippen MR) is 104 cm³/mol. The van der Waals surface area contributed by atoms with E-state index in [2.05, 4.69) is 33.8 Å². The molecule has 0 saturated heterocycles. The van der Waals surface area contributed by atoms with Crippen molar-refractivity contribution in [2.75, 3.05) is 0 Å². The molecule has 132 valence electrons. The molecule has 0 bridgehead atoms. The molecule has 0 aromatic carbocycles. The van der Waals surface area contributed by atoms with Crippen LogP contribution in [0.4, 0.5) is 0 Å². The maximum Gasteiger partial charge on any atom is -0.0346 e. The zero-order chi connectivity index (χ0) is 16.5. The maximum absolute atomic E-state index is 2.43. The average Bonchev–Trinajstić information content (AvgIpc) is 2.48. The van der Waals surface area contributed by atoms with Gasteiger partial charge in [0.1, 0.15) is 0 Å². The lowest BCUT2D eigenvalue weighted by Gasteiger charge is -2.09. The Hall–Kier alpha value is -0.260. The number of hydrogen-bond acceptors (Lipinski definition) is 0. The molecule has 22 heavy (non-hydrogen) atoms. The van der Waals surface area contributed by atoms with E-state index in [4.69, 9.17) is 0 Å². The van der Waals surface area contributed by atoms with Gasteiger partial charge < -0.3 is 0 Å². The summed E-state index contributed by atoms with van der Waals surface area (Å²) in [6, 6.07) is 0. The van der Waals surface area contributed by atoms with E-state index in [1.807, 2.05) is 0 Å². The molecule has 0 aliphatic carbocycles. The van der Waals surface area contributed by atoms with E-state index in [1.54, 1.807) is 0 Å². The van der Waals surface area contributed by atoms with Gasteiger partial charge in [0.15, 0.2) is 0 Å². The first-order valence-corrected chi connectivity index (χ1v) is 10.3. The average molecular weight is 309 g/mol. The van der Waals surface area contributed by atoms with Gasteiger partial charge in [-0.3, -0.25) is 0 Å². The Morgan fingerprint density at radius 2 is 1.14 bits per heavy atom. The highest BCUT2D eigenvalue weighted by Crippen LogP contribution is 2.17. The molecule has 0 heteroatoms. The smallest absolute Gasteiger partial charge is 0.0346 e. The van der Waals surface area contributed by atoms with Gasteiger partial charge in [0.25, 0.3) is 0 Å². The monoisotopic (exact) mass is 308 g/mol. The van der Waals surface area contributed by atoms with Crippen molar-refractivity contribution in [3.8, 4) is 0 Å². The Morgan fingerprint density at radius 1 is 0.682 bits per heavy atom. The molecule has 0 amide bonds. The third-order valence-electron chi connectivity index (χ3n) is 4.76. The first-order chi connectivity index (χ1) is 10.7. The van der Waals surface area contributed by atoms with Crippen LogP contribution in [0.1, 0.15) is 124 Å². The molecule has 0 aliphatic rings. The van der Waals surface area contributed by atoms with Crippen molar-refractivity contribution in [3.63, 3.8) is 0 Å². The van der Waals surface area contributed by atoms with Crippen LogP contribution in [0.3, 0.4) is 0 Å². The molecule has 0 saturated carbocycles. The van der Waals surface area contributed by atoms with E-state index in [9.17, 15) is 0 Å². The molecule has 0 aromatic heterocycles. The van der Waals surface area contributed by atoms with Gasteiger partial charge >= 0.3 is 0 Å². The number of unbranched alkanes of at least 4 members (excludes halogenated alkanes) is 11. The molecule has 0 rings (SSSR count). The first kappa shape index (κ1) is 21.7. The summed E-state index contributed by atoms with van der Waals surface area (Å²) in [4.78, 5) is 0. The van der Waals surface area contributed by atoms with Crippen LogP contribution in [0.5, 0.6) is 0 Å². The molecule has 0 spiro atoms. The largest absolute Gasteiger partial charge is 0.0859 e. The molecule has 0 N–H and O–H groups in total. The lowest BCUT2D eigenvalue weighted by Crippen LogP contribution is -1.94. The second-order valence-corrected chi connectivity index (χ2v) is 7.64. The minimum absolute atomic E-state index is 0.915. The van der Waals surface area contributed by atoms with Crippen LogP contribution in [0.25, 0.3) is 0 Å². The van der Waals surface area contributed by atoms with Gasteiger partial charge in [-0.15, -0.1) is 0 Å². The van der Waals surface area contributed by atoms with E-state index >= 15 is 0 Å². The number of allylic oxidation sites excluding steroid dienone is 2. The molecular weight excluding hydrogens is 264 g/mol. The summed E-state index contributed by atoms with van der Waals surface area (Å²) in [6.07, 6.45) is 24.0. The summed E-state index contributed by atoms with van der Waals surface area (Å²) >= 11 is 0. The lowest BCUT2D eigenvalue weighted by atomic mass is 9.97. The molecule has 0 aromatic rings. The standard InChI is InChI=1S/C22H44/c1-5-6-7-8-9-10-11-12-13-14-15-16-19-22(4)20-17-18-21(2)3/h18,22H,5-17,19-20H2,1-4H3/t22-/m0/s1. The fourth-order valence-corrected chi connectivity index (χ4v) is 3.13. The zero-order valence-electron chi connectivity index (χ0n) is 16.3. The van der Waals surface area contributed by atoms with E-state index in [0.717, 1.165) is 5.92 Å². The SMILES string of the molecule is CCCCCCCCCCCCCC[C@H](C)CCC=C(C)C. The quantitative estimate of drug-likeness (QED) is 0.198. The topological polar surface area (TPSA) is 0 Å². The fraction of sp³-hybridized carbons (Fsp3) is 0.909. The molecule has 0 radical (unpaired) electrons. The van der Waals surface area contributed by atoms with Crippen LogP contribution in [0.2, 0.25) is 0 Å². The van der Waals surface area contributed by atoms with Gasteiger partial charge in [0.05, 0.1) is 0 Å². The highest BCUT2D eigenvalue weighted by atomic mass is 14.1. The summed E-state index contributed by atoms with van der Waals surface area (Å²) in [7, 11) is 0. The van der Waals surface area contributed by atoms with Gasteiger partial charge in [0.2, 0.25) is 0 Å². The Balaban J connectivity index is 3.15. The predicted octanol–water partition coefficient (Wildman–Crippen LogP) is 8.46. The second kappa shape index (κ2) is 17.1. The Bertz CT molecular complexity index is 234. The minimum atomic E-state index is 0.915. The van der Waals surface area contributed by atoms with Crippen LogP contribution in [-0.4, -0.2) is 0 Å². The van der Waals surface area contributed by atoms with E-state index in [1.165, 1.54) is 102 Å². The molecular formula is C22H44. The fourth-order valence-electron chi connectivity index (χ4n) is 3.13. The molecule has 1 atom stereocenters. The van der Waals surface area contributed by atoms with Gasteiger partial charge in [-0.25, -0.2) is 0 Å². The number of rotatable bonds is 16. The molecule has 0 fully saturated rings. The second-order valence-electron chi connectivity index (χ2n) is 7.64. The van der Waals surface area contributed by atoms with Crippen LogP contribution in [-0.2, 0) is 0 Å². The third kappa shape index (κ3) is 17.8. The van der Waals surface area contributed by atoms with Crippen LogP contribution >= 0.6 is 0 Å². The maximum atomic E-state index is 2.43. The van der Waals surface area contributed by atoms with Gasteiger partial charge in [-0.05, 0) is 32.6 Å². The van der Waals surface area contributed by atoms with E-state index in [0.29, 0.717) is 0 Å². The highest BCUT2D eigenvalue weighted by Gasteiger charge is 2.01. The van der Waals surface area contributed by atoms with Gasteiger partial charge in [-0.1, -0.05) is 109 Å². The van der Waals surface area contributed by atoms with Gasteiger partial charge in [-0.2, -0.15) is 0 Å². The highest BCUT2D eigenvalue weighted by molar-refractivity contribution is 4.92. The van der Waals surface area contributed by atoms with Crippen LogP contribution in [0, 0.1) is 5.92 Å². The van der Waals surface area contributed by atoms with E-state index < -0.39 is 0 Å². The lowest BCUT2D eigenvalue weighted by molar-refractivity contribution is 0.456. The van der Waals surface area contributed by atoms with Crippen molar-refractivity contribution in [2.45, 2.75) is 124 Å². The normalized spacial score (nSPS) is 12.4. The molecule has 0 nitrogen and oxygen atoms in total. The molecule has 0 heterocycles. The van der Waals surface area contributed by atoms with Gasteiger partial charge in [0, 0.05) is 0 Å². The van der Waals surface area contributed by atoms with Crippen molar-refractivity contribution in [1.29, 1.82) is 0 Å². The Labute approximate surface area is 142 Å². The third-order valence-corrected chi connectivity index (χ3v) is 4.76. The number of hydrogen-bond donors (Lipinski definition) is 0. The summed E-state index contributed by atoms with van der Waals surface area (Å²) in [5.74, 6) is 0.915. The van der Waals surface area contributed by atoms with Crippen LogP contribution in [0.15, 0.2) is 11.6 Å². The summed E-state index contributed by atoms with van der Waals surface area (Å²) in [5, 5.41) is 0. The summed E-state index contributed by atoms with van der Waals surface area (Å²) in [5.41, 5.74) is 1.47. The molecule has 0 unspecified atom stereocenters. The van der Waals surface area contributed by atoms with Crippen molar-refractivity contribution in [1.82, 2.24) is 0 Å². The van der Waals surface area contributed by atoms with Crippen molar-refractivity contribution in [3.05, 3.63) is 11.6 Å². The van der Waals surface area contributed by atoms with Crippen LogP contribution < -0.4 is 0 Å². The minimum Gasteiger partial charge on any atom is -0.0859 e. The van der Waals surface area contributed by atoms with Crippen molar-refractivity contribution < 1.29 is 0 Å². The van der Waals surface area contributed by atoms with Crippen molar-refractivity contribution in [2.24, 2.45) is 5.92 Å².